The Kier molecular flexibility index (Phi) is 5.87. The molecule has 3 rings (SSSR count). The van der Waals surface area contributed by atoms with Gasteiger partial charge in [0, 0.05) is 38.2 Å². The molecule has 0 spiro atoms. The molecular formula is C20H27ClN4O. The maximum absolute atomic E-state index is 13.0. The van der Waals surface area contributed by atoms with Crippen LogP contribution in [0.4, 0.5) is 5.69 Å². The number of halogens is 1. The number of piperidine rings is 1. The van der Waals surface area contributed by atoms with E-state index in [4.69, 9.17) is 11.6 Å². The molecule has 0 radical (unpaired) electrons. The van der Waals surface area contributed by atoms with Crippen LogP contribution >= 0.6 is 11.6 Å². The van der Waals surface area contributed by atoms with E-state index in [1.807, 2.05) is 36.0 Å². The standard InChI is InChI=1S/C20H27ClN4O/c1-14(2)18(19-22-9-12-24(19)3)23-20(26)16-13-15(7-8-17(16)21)25-10-5-4-6-11-25/h7-9,12-14,18H,4-6,10-11H2,1-3H3,(H,23,26)/t18-/m1/s1. The second kappa shape index (κ2) is 8.12. The normalized spacial score (nSPS) is 16.0. The number of benzene rings is 1. The lowest BCUT2D eigenvalue weighted by Crippen LogP contribution is -2.34. The van der Waals surface area contributed by atoms with Crippen molar-refractivity contribution < 1.29 is 4.79 Å². The van der Waals surface area contributed by atoms with Crippen LogP contribution < -0.4 is 10.2 Å². The summed E-state index contributed by atoms with van der Waals surface area (Å²) in [7, 11) is 1.94. The molecule has 1 saturated heterocycles. The van der Waals surface area contributed by atoms with Crippen molar-refractivity contribution in [3.63, 3.8) is 0 Å². The largest absolute Gasteiger partial charge is 0.372 e. The highest BCUT2D eigenvalue weighted by Gasteiger charge is 2.24. The van der Waals surface area contributed by atoms with E-state index in [1.165, 1.54) is 19.3 Å². The molecule has 5 nitrogen and oxygen atoms in total. The number of rotatable bonds is 5. The van der Waals surface area contributed by atoms with Gasteiger partial charge in [-0.3, -0.25) is 4.79 Å². The topological polar surface area (TPSA) is 50.2 Å². The zero-order valence-corrected chi connectivity index (χ0v) is 16.5. The van der Waals surface area contributed by atoms with Crippen molar-refractivity contribution in [1.29, 1.82) is 0 Å². The number of imidazole rings is 1. The van der Waals surface area contributed by atoms with Gasteiger partial charge in [-0.05, 0) is 43.4 Å². The summed E-state index contributed by atoms with van der Waals surface area (Å²) in [5, 5.41) is 3.60. The summed E-state index contributed by atoms with van der Waals surface area (Å²) in [5.74, 6) is 0.899. The van der Waals surface area contributed by atoms with E-state index >= 15 is 0 Å². The Bertz CT molecular complexity index is 765. The smallest absolute Gasteiger partial charge is 0.253 e. The third-order valence-electron chi connectivity index (χ3n) is 5.01. The van der Waals surface area contributed by atoms with Gasteiger partial charge >= 0.3 is 0 Å². The number of amides is 1. The summed E-state index contributed by atoms with van der Waals surface area (Å²) >= 11 is 6.35. The van der Waals surface area contributed by atoms with Crippen LogP contribution in [0, 0.1) is 5.92 Å². The Balaban J connectivity index is 1.83. The lowest BCUT2D eigenvalue weighted by atomic mass is 10.0. The molecule has 1 aliphatic heterocycles. The van der Waals surface area contributed by atoms with Crippen LogP contribution in [0.25, 0.3) is 0 Å². The van der Waals surface area contributed by atoms with Crippen LogP contribution in [0.15, 0.2) is 30.6 Å². The van der Waals surface area contributed by atoms with Gasteiger partial charge in [0.25, 0.3) is 5.91 Å². The molecule has 1 aliphatic rings. The summed E-state index contributed by atoms with van der Waals surface area (Å²) in [6.45, 7) is 6.21. The number of hydrogen-bond acceptors (Lipinski definition) is 3. The zero-order valence-electron chi connectivity index (χ0n) is 15.7. The van der Waals surface area contributed by atoms with Crippen molar-refractivity contribution in [1.82, 2.24) is 14.9 Å². The molecule has 1 fully saturated rings. The molecule has 2 aromatic rings. The minimum atomic E-state index is -0.169. The summed E-state index contributed by atoms with van der Waals surface area (Å²) < 4.78 is 1.94. The highest BCUT2D eigenvalue weighted by molar-refractivity contribution is 6.34. The maximum Gasteiger partial charge on any atom is 0.253 e. The van der Waals surface area contributed by atoms with Crippen molar-refractivity contribution in [2.45, 2.75) is 39.2 Å². The van der Waals surface area contributed by atoms with Crippen molar-refractivity contribution in [2.24, 2.45) is 13.0 Å². The van der Waals surface area contributed by atoms with Gasteiger partial charge < -0.3 is 14.8 Å². The highest BCUT2D eigenvalue weighted by atomic mass is 35.5. The minimum Gasteiger partial charge on any atom is -0.372 e. The van der Waals surface area contributed by atoms with Crippen LogP contribution in [0.2, 0.25) is 5.02 Å². The molecule has 0 bridgehead atoms. The summed E-state index contributed by atoms with van der Waals surface area (Å²) in [6.07, 6.45) is 7.30. The van der Waals surface area contributed by atoms with Gasteiger partial charge in [-0.1, -0.05) is 25.4 Å². The van der Waals surface area contributed by atoms with E-state index < -0.39 is 0 Å². The Hall–Kier alpha value is -2.01. The van der Waals surface area contributed by atoms with Gasteiger partial charge in [0.05, 0.1) is 16.6 Å². The average Bonchev–Trinajstić information content (AvgIpc) is 3.06. The Morgan fingerprint density at radius 3 is 2.58 bits per heavy atom. The van der Waals surface area contributed by atoms with Crippen LogP contribution in [0.5, 0.6) is 0 Å². The SMILES string of the molecule is CC(C)[C@@H](NC(=O)c1cc(N2CCCCC2)ccc1Cl)c1nccn1C. The fourth-order valence-corrected chi connectivity index (χ4v) is 3.66. The molecule has 140 valence electrons. The molecule has 26 heavy (non-hydrogen) atoms. The van der Waals surface area contributed by atoms with Gasteiger partial charge in [-0.15, -0.1) is 0 Å². The average molecular weight is 375 g/mol. The van der Waals surface area contributed by atoms with Gasteiger partial charge in [0.15, 0.2) is 0 Å². The molecule has 6 heteroatoms. The van der Waals surface area contributed by atoms with E-state index in [2.05, 4.69) is 29.0 Å². The second-order valence-corrected chi connectivity index (χ2v) is 7.71. The van der Waals surface area contributed by atoms with E-state index in [0.29, 0.717) is 10.6 Å². The maximum atomic E-state index is 13.0. The lowest BCUT2D eigenvalue weighted by Gasteiger charge is -2.29. The molecule has 1 N–H and O–H groups in total. The first-order valence-electron chi connectivity index (χ1n) is 9.30. The van der Waals surface area contributed by atoms with Crippen LogP contribution in [0.1, 0.15) is 55.3 Å². The van der Waals surface area contributed by atoms with Crippen molar-refractivity contribution in [2.75, 3.05) is 18.0 Å². The van der Waals surface area contributed by atoms with Crippen LogP contribution in [0.3, 0.4) is 0 Å². The molecule has 0 unspecified atom stereocenters. The number of carbonyl (C=O) groups is 1. The number of nitrogens with zero attached hydrogens (tertiary/aromatic N) is 3. The third kappa shape index (κ3) is 4.04. The van der Waals surface area contributed by atoms with E-state index in [9.17, 15) is 4.79 Å². The summed E-state index contributed by atoms with van der Waals surface area (Å²) in [5.41, 5.74) is 1.59. The number of hydrogen-bond donors (Lipinski definition) is 1. The fraction of sp³-hybridized carbons (Fsp3) is 0.500. The highest BCUT2D eigenvalue weighted by Crippen LogP contribution is 2.27. The number of nitrogens with one attached hydrogen (secondary N) is 1. The second-order valence-electron chi connectivity index (χ2n) is 7.30. The van der Waals surface area contributed by atoms with Gasteiger partial charge in [0.2, 0.25) is 0 Å². The predicted octanol–water partition coefficient (Wildman–Crippen LogP) is 4.19. The molecule has 0 aliphatic carbocycles. The molecule has 1 atom stereocenters. The summed E-state index contributed by atoms with van der Waals surface area (Å²) in [4.78, 5) is 19.7. The first kappa shape index (κ1) is 18.8. The molecule has 0 saturated carbocycles. The van der Waals surface area contributed by atoms with Crippen molar-refractivity contribution in [3.05, 3.63) is 47.0 Å². The van der Waals surface area contributed by atoms with Gasteiger partial charge in [0.1, 0.15) is 5.82 Å². The van der Waals surface area contributed by atoms with E-state index in [-0.39, 0.29) is 17.9 Å². The quantitative estimate of drug-likeness (QED) is 0.853. The predicted molar refractivity (Wildman–Crippen MR) is 106 cm³/mol. The number of anilines is 1. The summed E-state index contributed by atoms with van der Waals surface area (Å²) in [6, 6.07) is 5.57. The fourth-order valence-electron chi connectivity index (χ4n) is 3.46. The molecule has 2 heterocycles. The number of aromatic nitrogens is 2. The Morgan fingerprint density at radius 1 is 1.23 bits per heavy atom. The monoisotopic (exact) mass is 374 g/mol. The first-order valence-corrected chi connectivity index (χ1v) is 9.67. The van der Waals surface area contributed by atoms with Crippen molar-refractivity contribution in [3.8, 4) is 0 Å². The molecule has 1 aromatic carbocycles. The molecular weight excluding hydrogens is 348 g/mol. The Morgan fingerprint density at radius 2 is 1.96 bits per heavy atom. The van der Waals surface area contributed by atoms with E-state index in [0.717, 1.165) is 24.6 Å². The molecule has 1 amide bonds. The Labute approximate surface area is 160 Å². The third-order valence-corrected chi connectivity index (χ3v) is 5.34. The molecule has 1 aromatic heterocycles. The first-order chi connectivity index (χ1) is 12.5. The zero-order chi connectivity index (χ0) is 18.7. The van der Waals surface area contributed by atoms with Crippen molar-refractivity contribution >= 4 is 23.2 Å². The number of carbonyl (C=O) groups excluding carboxylic acids is 1. The van der Waals surface area contributed by atoms with Crippen LogP contribution in [-0.4, -0.2) is 28.5 Å². The number of aryl methyl sites for hydroxylation is 1. The van der Waals surface area contributed by atoms with E-state index in [1.54, 1.807) is 6.20 Å². The lowest BCUT2D eigenvalue weighted by molar-refractivity contribution is 0.0922. The minimum absolute atomic E-state index is 0.157. The van der Waals surface area contributed by atoms with Crippen LogP contribution in [-0.2, 0) is 7.05 Å². The van der Waals surface area contributed by atoms with Gasteiger partial charge in [-0.25, -0.2) is 4.98 Å². The van der Waals surface area contributed by atoms with Gasteiger partial charge in [-0.2, -0.15) is 0 Å².